The molecule has 0 N–H and O–H groups in total. The number of para-hydroxylation sites is 2. The van der Waals surface area contributed by atoms with E-state index in [1.165, 1.54) is 0 Å². The van der Waals surface area contributed by atoms with Crippen molar-refractivity contribution in [3.05, 3.63) is 54.6 Å². The van der Waals surface area contributed by atoms with Gasteiger partial charge in [0.25, 0.3) is 0 Å². The van der Waals surface area contributed by atoms with E-state index >= 15 is 0 Å². The standard InChI is InChI=1S/C13H9O.CHF3O3S/c1-3-7-12-10(5-1)9-11-6-2-4-8-13(11)14-12;2-1(3,4)8(5,6)7/h1-9H;(H,5,6,7)/q+1;/p-1. The van der Waals surface area contributed by atoms with Gasteiger partial charge in [-0.1, -0.05) is 24.3 Å². The Hall–Kier alpha value is -2.19. The van der Waals surface area contributed by atoms with E-state index in [0.717, 1.165) is 21.9 Å². The molecule has 1 aromatic heterocycles. The summed E-state index contributed by atoms with van der Waals surface area (Å²) in [5, 5.41) is 2.29. The van der Waals surface area contributed by atoms with Crippen LogP contribution < -0.4 is 0 Å². The normalized spacial score (nSPS) is 12.0. The smallest absolute Gasteiger partial charge is 0.485 e. The molecular formula is C14H9F3O4S. The summed E-state index contributed by atoms with van der Waals surface area (Å²) in [5.41, 5.74) is -3.77. The molecule has 0 saturated heterocycles. The third kappa shape index (κ3) is 3.71. The molecule has 1 heterocycles. The number of hydrogen-bond donors (Lipinski definition) is 0. The van der Waals surface area contributed by atoms with Crippen LogP contribution in [0.2, 0.25) is 0 Å². The van der Waals surface area contributed by atoms with Crippen LogP contribution in [0.5, 0.6) is 0 Å². The van der Waals surface area contributed by atoms with E-state index in [-0.39, 0.29) is 0 Å². The lowest BCUT2D eigenvalue weighted by atomic mass is 10.1. The molecule has 0 spiro atoms. The maximum atomic E-state index is 10.7. The highest BCUT2D eigenvalue weighted by Gasteiger charge is 2.36. The van der Waals surface area contributed by atoms with Crippen LogP contribution in [0.15, 0.2) is 59.0 Å². The van der Waals surface area contributed by atoms with Gasteiger partial charge in [0.2, 0.25) is 0 Å². The van der Waals surface area contributed by atoms with Gasteiger partial charge in [-0.25, -0.2) is 12.8 Å². The Morgan fingerprint density at radius 2 is 1.23 bits per heavy atom. The van der Waals surface area contributed by atoms with Gasteiger partial charge < -0.3 is 4.55 Å². The fraction of sp³-hybridized carbons (Fsp3) is 0.0714. The summed E-state index contributed by atoms with van der Waals surface area (Å²) in [6, 6.07) is 18.3. The number of halogens is 3. The molecule has 3 aromatic rings. The van der Waals surface area contributed by atoms with Crippen molar-refractivity contribution in [1.82, 2.24) is 0 Å². The molecule has 0 atom stereocenters. The van der Waals surface area contributed by atoms with Gasteiger partial charge in [0.15, 0.2) is 10.1 Å². The maximum Gasteiger partial charge on any atom is 0.485 e. The summed E-state index contributed by atoms with van der Waals surface area (Å²) in [4.78, 5) is 0. The van der Waals surface area contributed by atoms with E-state index in [1.54, 1.807) is 0 Å². The third-order valence-corrected chi connectivity index (χ3v) is 3.22. The molecular weight excluding hydrogens is 321 g/mol. The van der Waals surface area contributed by atoms with E-state index in [9.17, 15) is 13.2 Å². The minimum atomic E-state index is -6.09. The predicted octanol–water partition coefficient (Wildman–Crippen LogP) is 3.92. The fourth-order valence-electron chi connectivity index (χ4n) is 1.67. The predicted molar refractivity (Wildman–Crippen MR) is 73.9 cm³/mol. The molecule has 0 aliphatic rings. The number of rotatable bonds is 0. The Morgan fingerprint density at radius 1 is 0.864 bits per heavy atom. The Morgan fingerprint density at radius 3 is 1.59 bits per heavy atom. The Labute approximate surface area is 123 Å². The molecule has 4 nitrogen and oxygen atoms in total. The van der Waals surface area contributed by atoms with Crippen LogP contribution in [0.4, 0.5) is 13.2 Å². The van der Waals surface area contributed by atoms with Crippen LogP contribution in [-0.2, 0) is 10.1 Å². The van der Waals surface area contributed by atoms with Crippen molar-refractivity contribution in [3.8, 4) is 0 Å². The maximum absolute atomic E-state index is 10.7. The van der Waals surface area contributed by atoms with Crippen LogP contribution in [-0.4, -0.2) is 18.5 Å². The summed E-state index contributed by atoms with van der Waals surface area (Å²) >= 11 is 0. The first-order valence-electron chi connectivity index (χ1n) is 5.91. The van der Waals surface area contributed by atoms with Crippen molar-refractivity contribution in [2.24, 2.45) is 0 Å². The van der Waals surface area contributed by atoms with Gasteiger partial charge in [-0.05, 0) is 18.2 Å². The Bertz CT molecular complexity index is 799. The molecule has 2 aromatic carbocycles. The van der Waals surface area contributed by atoms with Crippen LogP contribution >= 0.6 is 0 Å². The minimum Gasteiger partial charge on any atom is -0.741 e. The van der Waals surface area contributed by atoms with Crippen molar-refractivity contribution in [1.29, 1.82) is 0 Å². The van der Waals surface area contributed by atoms with Gasteiger partial charge in [0.05, 0.1) is 10.8 Å². The summed E-state index contributed by atoms with van der Waals surface area (Å²) < 4.78 is 64.6. The van der Waals surface area contributed by atoms with Crippen molar-refractivity contribution < 1.29 is 30.6 Å². The summed E-state index contributed by atoms with van der Waals surface area (Å²) in [6.45, 7) is 0. The van der Waals surface area contributed by atoms with Gasteiger partial charge in [-0.15, -0.1) is 0 Å². The molecule has 0 fully saturated rings. The highest BCUT2D eigenvalue weighted by Crippen LogP contribution is 2.22. The van der Waals surface area contributed by atoms with Crippen LogP contribution in [0.1, 0.15) is 0 Å². The molecule has 22 heavy (non-hydrogen) atoms. The van der Waals surface area contributed by atoms with Crippen LogP contribution in [0.3, 0.4) is 0 Å². The van der Waals surface area contributed by atoms with Crippen molar-refractivity contribution in [2.75, 3.05) is 0 Å². The third-order valence-electron chi connectivity index (χ3n) is 2.65. The lowest BCUT2D eigenvalue weighted by Gasteiger charge is -2.08. The second-order valence-electron chi connectivity index (χ2n) is 4.22. The summed E-state index contributed by atoms with van der Waals surface area (Å²) in [5.74, 6) is 0. The number of fused-ring (bicyclic) bond motifs is 2. The number of alkyl halides is 3. The van der Waals surface area contributed by atoms with E-state index in [4.69, 9.17) is 17.4 Å². The quantitative estimate of drug-likeness (QED) is 0.271. The summed E-state index contributed by atoms with van der Waals surface area (Å²) in [6.07, 6.45) is 0. The SMILES string of the molecule is O=S(=O)([O-])C(F)(F)F.c1ccc2[o+]c3ccccc3cc2c1. The van der Waals surface area contributed by atoms with Gasteiger partial charge in [0.1, 0.15) is 0 Å². The van der Waals surface area contributed by atoms with Gasteiger partial charge in [0, 0.05) is 12.1 Å². The van der Waals surface area contributed by atoms with Gasteiger partial charge in [-0.2, -0.15) is 13.2 Å². The average molecular weight is 330 g/mol. The second kappa shape index (κ2) is 5.90. The highest BCUT2D eigenvalue weighted by molar-refractivity contribution is 7.86. The molecule has 116 valence electrons. The molecule has 0 unspecified atom stereocenters. The highest BCUT2D eigenvalue weighted by atomic mass is 32.2. The van der Waals surface area contributed by atoms with Crippen LogP contribution in [0.25, 0.3) is 21.9 Å². The molecule has 0 saturated carbocycles. The average Bonchev–Trinajstić information content (AvgIpc) is 2.43. The van der Waals surface area contributed by atoms with E-state index in [0.29, 0.717) is 0 Å². The van der Waals surface area contributed by atoms with E-state index in [2.05, 4.69) is 18.2 Å². The van der Waals surface area contributed by atoms with E-state index in [1.807, 2.05) is 36.4 Å². The zero-order valence-corrected chi connectivity index (χ0v) is 11.7. The van der Waals surface area contributed by atoms with Gasteiger partial charge >= 0.3 is 16.7 Å². The lowest BCUT2D eigenvalue weighted by Crippen LogP contribution is -2.21. The Kier molecular flexibility index (Phi) is 4.34. The first kappa shape index (κ1) is 16.2. The molecule has 8 heteroatoms. The molecule has 0 radical (unpaired) electrons. The number of hydrogen-bond acceptors (Lipinski definition) is 3. The molecule has 0 aliphatic heterocycles. The van der Waals surface area contributed by atoms with Gasteiger partial charge in [-0.3, -0.25) is 0 Å². The van der Waals surface area contributed by atoms with Crippen molar-refractivity contribution in [2.45, 2.75) is 5.51 Å². The molecule has 0 bridgehead atoms. The minimum absolute atomic E-state index is 0.936. The fourth-order valence-corrected chi connectivity index (χ4v) is 1.67. The molecule has 0 amide bonds. The van der Waals surface area contributed by atoms with Crippen molar-refractivity contribution in [3.63, 3.8) is 0 Å². The first-order chi connectivity index (χ1) is 10.2. The summed E-state index contributed by atoms with van der Waals surface area (Å²) in [7, 11) is -6.09. The Balaban J connectivity index is 0.000000192. The second-order valence-corrected chi connectivity index (χ2v) is 5.59. The first-order valence-corrected chi connectivity index (χ1v) is 7.32. The lowest BCUT2D eigenvalue weighted by molar-refractivity contribution is -0.0517. The van der Waals surface area contributed by atoms with Crippen LogP contribution in [0, 0.1) is 0 Å². The molecule has 3 rings (SSSR count). The largest absolute Gasteiger partial charge is 0.741 e. The molecule has 0 aliphatic carbocycles. The monoisotopic (exact) mass is 330 g/mol. The zero-order valence-electron chi connectivity index (χ0n) is 10.9. The zero-order chi connectivity index (χ0) is 16.4. The van der Waals surface area contributed by atoms with Crippen molar-refractivity contribution >= 4 is 32.1 Å². The number of benzene rings is 2. The van der Waals surface area contributed by atoms with E-state index < -0.39 is 15.6 Å². The topological polar surface area (TPSA) is 68.5 Å².